The first-order valence-electron chi connectivity index (χ1n) is 6.05. The minimum atomic E-state index is -0.972. The summed E-state index contributed by atoms with van der Waals surface area (Å²) >= 11 is 0. The number of carbonyl (C=O) groups excluding carboxylic acids is 2. The van der Waals surface area contributed by atoms with Gasteiger partial charge in [-0.3, -0.25) is 9.59 Å². The normalized spacial score (nSPS) is 10.4. The zero-order chi connectivity index (χ0) is 15.6. The average molecular weight is 290 g/mol. The van der Waals surface area contributed by atoms with E-state index in [4.69, 9.17) is 11.5 Å². The highest BCUT2D eigenvalue weighted by Gasteiger charge is 2.18. The van der Waals surface area contributed by atoms with Crippen LogP contribution in [0.2, 0.25) is 0 Å². The predicted molar refractivity (Wildman–Crippen MR) is 73.5 cm³/mol. The van der Waals surface area contributed by atoms with E-state index in [1.54, 1.807) is 6.07 Å². The molecular formula is C15H12F2N2O2. The number of carbonyl (C=O) groups is 2. The van der Waals surface area contributed by atoms with E-state index in [1.165, 1.54) is 12.1 Å². The number of hydrogen-bond donors (Lipinski definition) is 2. The van der Waals surface area contributed by atoms with Gasteiger partial charge in [0.05, 0.1) is 12.0 Å². The third-order valence-corrected chi connectivity index (χ3v) is 2.98. The van der Waals surface area contributed by atoms with Gasteiger partial charge in [0.2, 0.25) is 5.91 Å². The zero-order valence-corrected chi connectivity index (χ0v) is 10.9. The van der Waals surface area contributed by atoms with Gasteiger partial charge in [-0.2, -0.15) is 0 Å². The minimum absolute atomic E-state index is 0.0410. The number of hydrogen-bond acceptors (Lipinski definition) is 3. The molecule has 108 valence electrons. The molecule has 2 rings (SSSR count). The van der Waals surface area contributed by atoms with Crippen LogP contribution >= 0.6 is 0 Å². The fourth-order valence-electron chi connectivity index (χ4n) is 1.97. The van der Waals surface area contributed by atoms with Gasteiger partial charge in [0.25, 0.3) is 0 Å². The number of anilines is 1. The molecule has 6 heteroatoms. The first kappa shape index (κ1) is 14.6. The number of halogens is 2. The first-order valence-corrected chi connectivity index (χ1v) is 6.05. The number of nitrogens with two attached hydrogens (primary N) is 2. The van der Waals surface area contributed by atoms with Crippen molar-refractivity contribution in [3.8, 4) is 0 Å². The molecule has 0 bridgehead atoms. The van der Waals surface area contributed by atoms with Crippen LogP contribution in [-0.4, -0.2) is 11.7 Å². The van der Waals surface area contributed by atoms with Crippen LogP contribution in [0.3, 0.4) is 0 Å². The third-order valence-electron chi connectivity index (χ3n) is 2.98. The first-order chi connectivity index (χ1) is 9.90. The smallest absolute Gasteiger partial charge is 0.221 e. The maximum absolute atomic E-state index is 13.7. The second kappa shape index (κ2) is 5.70. The Balaban J connectivity index is 2.46. The molecule has 0 heterocycles. The van der Waals surface area contributed by atoms with Crippen LogP contribution in [-0.2, 0) is 11.2 Å². The lowest BCUT2D eigenvalue weighted by atomic mass is 9.97. The van der Waals surface area contributed by atoms with Crippen molar-refractivity contribution in [1.82, 2.24) is 0 Å². The molecule has 21 heavy (non-hydrogen) atoms. The Labute approximate surface area is 119 Å². The van der Waals surface area contributed by atoms with Crippen LogP contribution in [0.15, 0.2) is 36.4 Å². The molecule has 4 nitrogen and oxygen atoms in total. The molecule has 2 aromatic carbocycles. The van der Waals surface area contributed by atoms with Gasteiger partial charge < -0.3 is 11.5 Å². The molecule has 0 saturated carbocycles. The van der Waals surface area contributed by atoms with Crippen LogP contribution in [0, 0.1) is 11.6 Å². The van der Waals surface area contributed by atoms with E-state index in [9.17, 15) is 18.4 Å². The van der Waals surface area contributed by atoms with Crippen molar-refractivity contribution in [3.05, 3.63) is 64.7 Å². The van der Waals surface area contributed by atoms with E-state index in [0.29, 0.717) is 11.6 Å². The monoisotopic (exact) mass is 290 g/mol. The standard InChI is InChI=1S/C15H12F2N2O2/c16-9-4-5-10(12(17)7-9)15(21)11-3-1-2-8(14(11)19)6-13(18)20/h1-5,7H,6,19H2,(H2,18,20). The lowest BCUT2D eigenvalue weighted by molar-refractivity contribution is -0.117. The Bertz CT molecular complexity index is 730. The summed E-state index contributed by atoms with van der Waals surface area (Å²) in [6.07, 6.45) is -0.126. The predicted octanol–water partition coefficient (Wildman–Crippen LogP) is 1.81. The largest absolute Gasteiger partial charge is 0.398 e. The molecule has 1 amide bonds. The van der Waals surface area contributed by atoms with Gasteiger partial charge in [0.15, 0.2) is 5.78 Å². The lowest BCUT2D eigenvalue weighted by Crippen LogP contribution is -2.16. The maximum atomic E-state index is 13.7. The third kappa shape index (κ3) is 3.05. The van der Waals surface area contributed by atoms with E-state index >= 15 is 0 Å². The molecule has 0 saturated heterocycles. The SMILES string of the molecule is NC(=O)Cc1cccc(C(=O)c2ccc(F)cc2F)c1N. The molecule has 0 aromatic heterocycles. The van der Waals surface area contributed by atoms with Crippen LogP contribution in [0.25, 0.3) is 0 Å². The van der Waals surface area contributed by atoms with E-state index in [-0.39, 0.29) is 23.2 Å². The number of amides is 1. The number of primary amides is 1. The van der Waals surface area contributed by atoms with Gasteiger partial charge in [-0.15, -0.1) is 0 Å². The van der Waals surface area contributed by atoms with Crippen molar-refractivity contribution in [3.63, 3.8) is 0 Å². The number of nitrogen functional groups attached to an aromatic ring is 1. The topological polar surface area (TPSA) is 86.2 Å². The summed E-state index contributed by atoms with van der Waals surface area (Å²) in [5.74, 6) is -3.03. The molecule has 0 aliphatic rings. The van der Waals surface area contributed by atoms with Gasteiger partial charge in [0, 0.05) is 17.3 Å². The van der Waals surface area contributed by atoms with Gasteiger partial charge in [-0.25, -0.2) is 8.78 Å². The van der Waals surface area contributed by atoms with Crippen molar-refractivity contribution < 1.29 is 18.4 Å². The summed E-state index contributed by atoms with van der Waals surface area (Å²) in [5, 5.41) is 0. The molecule has 0 aliphatic heterocycles. The maximum Gasteiger partial charge on any atom is 0.221 e. The Morgan fingerprint density at radius 3 is 2.38 bits per heavy atom. The minimum Gasteiger partial charge on any atom is -0.398 e. The summed E-state index contributed by atoms with van der Waals surface area (Å²) in [6, 6.07) is 7.13. The van der Waals surface area contributed by atoms with Crippen molar-refractivity contribution in [2.45, 2.75) is 6.42 Å². The summed E-state index contributed by atoms with van der Waals surface area (Å²) in [6.45, 7) is 0. The Morgan fingerprint density at radius 1 is 1.05 bits per heavy atom. The zero-order valence-electron chi connectivity index (χ0n) is 10.9. The van der Waals surface area contributed by atoms with Crippen molar-refractivity contribution in [2.75, 3.05) is 5.73 Å². The van der Waals surface area contributed by atoms with Crippen molar-refractivity contribution >= 4 is 17.4 Å². The van der Waals surface area contributed by atoms with E-state index in [2.05, 4.69) is 0 Å². The summed E-state index contributed by atoms with van der Waals surface area (Å²) in [4.78, 5) is 23.2. The molecule has 0 unspecified atom stereocenters. The molecule has 4 N–H and O–H groups in total. The summed E-state index contributed by atoms with van der Waals surface area (Å²) < 4.78 is 26.5. The Hall–Kier alpha value is -2.76. The second-order valence-electron chi connectivity index (χ2n) is 4.47. The quantitative estimate of drug-likeness (QED) is 0.665. The van der Waals surface area contributed by atoms with E-state index in [1.807, 2.05) is 0 Å². The van der Waals surface area contributed by atoms with Gasteiger partial charge in [-0.05, 0) is 23.8 Å². The number of para-hydroxylation sites is 1. The van der Waals surface area contributed by atoms with Gasteiger partial charge in [0.1, 0.15) is 11.6 Å². The molecule has 0 spiro atoms. The molecule has 0 atom stereocenters. The fourth-order valence-corrected chi connectivity index (χ4v) is 1.97. The average Bonchev–Trinajstić information content (AvgIpc) is 2.40. The Morgan fingerprint density at radius 2 is 1.76 bits per heavy atom. The van der Waals surface area contributed by atoms with Crippen molar-refractivity contribution in [1.29, 1.82) is 0 Å². The number of benzene rings is 2. The van der Waals surface area contributed by atoms with Crippen LogP contribution < -0.4 is 11.5 Å². The number of ketones is 1. The number of rotatable bonds is 4. The Kier molecular flexibility index (Phi) is 3.98. The molecule has 0 aliphatic carbocycles. The molecule has 2 aromatic rings. The van der Waals surface area contributed by atoms with Crippen molar-refractivity contribution in [2.24, 2.45) is 5.73 Å². The molecule has 0 radical (unpaired) electrons. The fraction of sp³-hybridized carbons (Fsp3) is 0.0667. The van der Waals surface area contributed by atoms with Gasteiger partial charge >= 0.3 is 0 Å². The van der Waals surface area contributed by atoms with Crippen LogP contribution in [0.5, 0.6) is 0 Å². The highest BCUT2D eigenvalue weighted by molar-refractivity contribution is 6.12. The highest BCUT2D eigenvalue weighted by Crippen LogP contribution is 2.23. The van der Waals surface area contributed by atoms with E-state index < -0.39 is 23.3 Å². The summed E-state index contributed by atoms with van der Waals surface area (Å²) in [5.41, 5.74) is 11.1. The molecule has 0 fully saturated rings. The highest BCUT2D eigenvalue weighted by atomic mass is 19.1. The second-order valence-corrected chi connectivity index (χ2v) is 4.47. The molecular weight excluding hydrogens is 278 g/mol. The summed E-state index contributed by atoms with van der Waals surface area (Å²) in [7, 11) is 0. The van der Waals surface area contributed by atoms with Crippen LogP contribution in [0.4, 0.5) is 14.5 Å². The van der Waals surface area contributed by atoms with Crippen LogP contribution in [0.1, 0.15) is 21.5 Å². The lowest BCUT2D eigenvalue weighted by Gasteiger charge is -2.10. The van der Waals surface area contributed by atoms with Gasteiger partial charge in [-0.1, -0.05) is 12.1 Å². The van der Waals surface area contributed by atoms with E-state index in [0.717, 1.165) is 12.1 Å².